The first-order chi connectivity index (χ1) is 9.44. The van der Waals surface area contributed by atoms with Crippen molar-refractivity contribution in [3.05, 3.63) is 34.1 Å². The summed E-state index contributed by atoms with van der Waals surface area (Å²) in [6, 6.07) is 2.30. The van der Waals surface area contributed by atoms with Crippen molar-refractivity contribution in [3.8, 4) is 0 Å². The average molecular weight is 310 g/mol. The normalized spacial score (nSPS) is 14.4. The number of aliphatic hydroxyl groups is 1. The molecule has 2 N–H and O–H groups in total. The molecule has 1 amide bonds. The van der Waals surface area contributed by atoms with E-state index in [-0.39, 0.29) is 5.69 Å². The largest absolute Gasteiger partial charge is 0.417 e. The molecule has 1 aromatic rings. The van der Waals surface area contributed by atoms with Gasteiger partial charge in [-0.2, -0.15) is 17.6 Å². The van der Waals surface area contributed by atoms with Gasteiger partial charge in [0.15, 0.2) is 5.60 Å². The number of benzene rings is 1. The molecule has 0 bridgehead atoms. The third-order valence-corrected chi connectivity index (χ3v) is 2.54. The van der Waals surface area contributed by atoms with Crippen LogP contribution in [0.5, 0.6) is 0 Å². The van der Waals surface area contributed by atoms with Gasteiger partial charge >= 0.3 is 11.9 Å². The van der Waals surface area contributed by atoms with Crippen LogP contribution in [0, 0.1) is 15.9 Å². The van der Waals surface area contributed by atoms with Crippen molar-refractivity contribution in [1.29, 1.82) is 0 Å². The molecule has 1 atom stereocenters. The number of nitrogens with one attached hydrogen (secondary N) is 1. The molecule has 0 aliphatic carbocycles. The molecule has 0 aromatic heterocycles. The van der Waals surface area contributed by atoms with Gasteiger partial charge in [-0.25, -0.2) is 0 Å². The average Bonchev–Trinajstić information content (AvgIpc) is 2.29. The molecule has 10 heteroatoms. The van der Waals surface area contributed by atoms with E-state index in [0.717, 1.165) is 6.07 Å². The highest BCUT2D eigenvalue weighted by molar-refractivity contribution is 5.91. The first-order valence-corrected chi connectivity index (χ1v) is 5.47. The summed E-state index contributed by atoms with van der Waals surface area (Å²) in [6.07, 6.45) is -6.32. The number of hydrogen-bond acceptors (Lipinski definition) is 4. The Balaban J connectivity index is 2.85. The van der Waals surface area contributed by atoms with Crippen molar-refractivity contribution in [2.75, 3.05) is 5.32 Å². The SMILES string of the molecule is C[C@@](O)(CC(=O)Nc1ccc(F)c([N+](=O)[O-])c1)C(F)(F)F. The Morgan fingerprint density at radius 2 is 2.00 bits per heavy atom. The van der Waals surface area contributed by atoms with Gasteiger partial charge in [0, 0.05) is 11.8 Å². The molecule has 1 aromatic carbocycles. The monoisotopic (exact) mass is 310 g/mol. The molecule has 0 unspecified atom stereocenters. The summed E-state index contributed by atoms with van der Waals surface area (Å²) in [7, 11) is 0. The highest BCUT2D eigenvalue weighted by Crippen LogP contribution is 2.33. The minimum absolute atomic E-state index is 0.258. The van der Waals surface area contributed by atoms with Gasteiger partial charge in [0.2, 0.25) is 11.7 Å². The summed E-state index contributed by atoms with van der Waals surface area (Å²) in [5.74, 6) is -2.38. The number of hydrogen-bond donors (Lipinski definition) is 2. The Hall–Kier alpha value is -2.23. The van der Waals surface area contributed by atoms with E-state index in [1.165, 1.54) is 0 Å². The topological polar surface area (TPSA) is 92.5 Å². The third kappa shape index (κ3) is 4.12. The van der Waals surface area contributed by atoms with Crippen molar-refractivity contribution < 1.29 is 32.4 Å². The second-order valence-electron chi connectivity index (χ2n) is 4.42. The van der Waals surface area contributed by atoms with Crippen molar-refractivity contribution in [2.24, 2.45) is 0 Å². The van der Waals surface area contributed by atoms with Crippen molar-refractivity contribution in [1.82, 2.24) is 0 Å². The number of nitro benzene ring substituents is 1. The molecule has 0 fully saturated rings. The number of nitrogens with zero attached hydrogens (tertiary/aromatic N) is 1. The van der Waals surface area contributed by atoms with Crippen LogP contribution in [-0.4, -0.2) is 27.7 Å². The van der Waals surface area contributed by atoms with Crippen LogP contribution in [0.25, 0.3) is 0 Å². The summed E-state index contributed by atoms with van der Waals surface area (Å²) in [5.41, 5.74) is -4.44. The number of carbonyl (C=O) groups excluding carboxylic acids is 1. The highest BCUT2D eigenvalue weighted by atomic mass is 19.4. The molecule has 1 rings (SSSR count). The number of rotatable bonds is 4. The molecule has 6 nitrogen and oxygen atoms in total. The van der Waals surface area contributed by atoms with Gasteiger partial charge in [-0.1, -0.05) is 0 Å². The van der Waals surface area contributed by atoms with E-state index >= 15 is 0 Å². The molecule has 21 heavy (non-hydrogen) atoms. The smallest absolute Gasteiger partial charge is 0.380 e. The number of amides is 1. The fourth-order valence-corrected chi connectivity index (χ4v) is 1.35. The lowest BCUT2D eigenvalue weighted by Gasteiger charge is -2.25. The number of alkyl halides is 3. The molecule has 116 valence electrons. The maximum absolute atomic E-state index is 13.0. The molecule has 0 aliphatic heterocycles. The maximum atomic E-state index is 13.0. The number of halogens is 4. The maximum Gasteiger partial charge on any atom is 0.417 e. The summed E-state index contributed by atoms with van der Waals surface area (Å²) in [6.45, 7) is 0.416. The fraction of sp³-hybridized carbons (Fsp3) is 0.364. The lowest BCUT2D eigenvalue weighted by atomic mass is 10.0. The van der Waals surface area contributed by atoms with Crippen LogP contribution in [0.15, 0.2) is 18.2 Å². The first-order valence-electron chi connectivity index (χ1n) is 5.47. The van der Waals surface area contributed by atoms with E-state index < -0.39 is 40.5 Å². The van der Waals surface area contributed by atoms with Gasteiger partial charge in [-0.15, -0.1) is 0 Å². The summed E-state index contributed by atoms with van der Waals surface area (Å²) >= 11 is 0. The van der Waals surface area contributed by atoms with Gasteiger partial charge < -0.3 is 10.4 Å². The Morgan fingerprint density at radius 3 is 2.48 bits per heavy atom. The quantitative estimate of drug-likeness (QED) is 0.507. The van der Waals surface area contributed by atoms with Gasteiger partial charge in [0.05, 0.1) is 11.3 Å². The van der Waals surface area contributed by atoms with E-state index in [4.69, 9.17) is 5.11 Å². The zero-order chi connectivity index (χ0) is 16.4. The van der Waals surface area contributed by atoms with Gasteiger partial charge in [-0.3, -0.25) is 14.9 Å². The minimum atomic E-state index is -5.01. The summed E-state index contributed by atoms with van der Waals surface area (Å²) in [5, 5.41) is 21.5. The van der Waals surface area contributed by atoms with Crippen LogP contribution in [-0.2, 0) is 4.79 Å². The second-order valence-corrected chi connectivity index (χ2v) is 4.42. The molecule has 0 saturated carbocycles. The molecular formula is C11H10F4N2O4. The molecule has 0 aliphatic rings. The van der Waals surface area contributed by atoms with Gasteiger partial charge in [0.1, 0.15) is 0 Å². The Labute approximate surface area is 115 Å². The molecule has 0 radical (unpaired) electrons. The third-order valence-electron chi connectivity index (χ3n) is 2.54. The lowest BCUT2D eigenvalue weighted by molar-refractivity contribution is -0.387. The fourth-order valence-electron chi connectivity index (χ4n) is 1.35. The van der Waals surface area contributed by atoms with Crippen LogP contribution in [0.2, 0.25) is 0 Å². The van der Waals surface area contributed by atoms with Crippen molar-refractivity contribution in [2.45, 2.75) is 25.1 Å². The molecule has 0 saturated heterocycles. The Morgan fingerprint density at radius 1 is 1.43 bits per heavy atom. The zero-order valence-corrected chi connectivity index (χ0v) is 10.6. The van der Waals surface area contributed by atoms with Crippen molar-refractivity contribution in [3.63, 3.8) is 0 Å². The van der Waals surface area contributed by atoms with Gasteiger partial charge in [0.25, 0.3) is 0 Å². The van der Waals surface area contributed by atoms with Crippen LogP contribution >= 0.6 is 0 Å². The van der Waals surface area contributed by atoms with Crippen molar-refractivity contribution >= 4 is 17.3 Å². The first kappa shape index (κ1) is 16.8. The lowest BCUT2D eigenvalue weighted by Crippen LogP contribution is -2.44. The predicted molar refractivity (Wildman–Crippen MR) is 63.0 cm³/mol. The molecule has 0 spiro atoms. The summed E-state index contributed by atoms with van der Waals surface area (Å²) in [4.78, 5) is 20.8. The van der Waals surface area contributed by atoms with Crippen LogP contribution in [0.3, 0.4) is 0 Å². The molecular weight excluding hydrogens is 300 g/mol. The van der Waals surface area contributed by atoms with E-state index in [1.807, 2.05) is 5.32 Å². The van der Waals surface area contributed by atoms with E-state index in [2.05, 4.69) is 0 Å². The predicted octanol–water partition coefficient (Wildman–Crippen LogP) is 2.38. The van der Waals surface area contributed by atoms with Gasteiger partial charge in [-0.05, 0) is 19.1 Å². The highest BCUT2D eigenvalue weighted by Gasteiger charge is 2.50. The molecule has 0 heterocycles. The van der Waals surface area contributed by atoms with E-state index in [0.29, 0.717) is 19.1 Å². The Kier molecular flexibility index (Phi) is 4.52. The number of carbonyl (C=O) groups is 1. The van der Waals surface area contributed by atoms with E-state index in [9.17, 15) is 32.5 Å². The van der Waals surface area contributed by atoms with E-state index in [1.54, 1.807) is 0 Å². The van der Waals surface area contributed by atoms with Crippen LogP contribution < -0.4 is 5.32 Å². The number of nitro groups is 1. The summed E-state index contributed by atoms with van der Waals surface area (Å²) < 4.78 is 50.2. The Bertz CT molecular complexity index is 572. The minimum Gasteiger partial charge on any atom is -0.380 e. The second kappa shape index (κ2) is 5.64. The number of anilines is 1. The standard InChI is InChI=1S/C11H10F4N2O4/c1-10(19,11(13,14)15)5-9(18)16-6-2-3-7(12)8(4-6)17(20)21/h2-4,19H,5H2,1H3,(H,16,18)/t10-/m1/s1. The van der Waals surface area contributed by atoms with Crippen LogP contribution in [0.1, 0.15) is 13.3 Å². The zero-order valence-electron chi connectivity index (χ0n) is 10.6. The van der Waals surface area contributed by atoms with Crippen LogP contribution in [0.4, 0.5) is 28.9 Å².